The van der Waals surface area contributed by atoms with Crippen LogP contribution in [0.5, 0.6) is 0 Å². The molecule has 0 saturated carbocycles. The molecule has 2 rings (SSSR count). The molecule has 5 nitrogen and oxygen atoms in total. The number of hydrogen-bond donors (Lipinski definition) is 1. The highest BCUT2D eigenvalue weighted by Crippen LogP contribution is 2.06. The number of nitrogens with one attached hydrogen (secondary N) is 1. The zero-order valence-corrected chi connectivity index (χ0v) is 9.51. The molecule has 2 aromatic rings. The van der Waals surface area contributed by atoms with E-state index in [0.717, 1.165) is 30.3 Å². The van der Waals surface area contributed by atoms with Crippen molar-refractivity contribution in [3.8, 4) is 5.82 Å². The van der Waals surface area contributed by atoms with Gasteiger partial charge in [-0.05, 0) is 19.4 Å². The summed E-state index contributed by atoms with van der Waals surface area (Å²) in [5.41, 5.74) is 0.966. The van der Waals surface area contributed by atoms with Crippen molar-refractivity contribution in [3.63, 3.8) is 0 Å². The summed E-state index contributed by atoms with van der Waals surface area (Å²) in [4.78, 5) is 8.56. The Labute approximate surface area is 94.5 Å². The molecule has 0 amide bonds. The van der Waals surface area contributed by atoms with E-state index in [4.69, 9.17) is 0 Å². The molecule has 0 saturated heterocycles. The minimum absolute atomic E-state index is 0.731. The highest BCUT2D eigenvalue weighted by Gasteiger charge is 2.01. The van der Waals surface area contributed by atoms with E-state index in [9.17, 15) is 0 Å². The first-order chi connectivity index (χ1) is 7.79. The Hall–Kier alpha value is -1.91. The number of hydrogen-bond acceptors (Lipinski definition) is 4. The van der Waals surface area contributed by atoms with Gasteiger partial charge in [-0.2, -0.15) is 5.10 Å². The van der Waals surface area contributed by atoms with Gasteiger partial charge in [0.15, 0.2) is 5.82 Å². The van der Waals surface area contributed by atoms with Crippen LogP contribution in [0.15, 0.2) is 24.7 Å². The van der Waals surface area contributed by atoms with Crippen LogP contribution in [0.4, 0.5) is 5.82 Å². The maximum atomic E-state index is 4.42. The largest absolute Gasteiger partial charge is 0.369 e. The molecule has 16 heavy (non-hydrogen) atoms. The number of rotatable bonds is 4. The van der Waals surface area contributed by atoms with Crippen LogP contribution in [0.1, 0.15) is 19.0 Å². The van der Waals surface area contributed by atoms with Crippen molar-refractivity contribution >= 4 is 5.82 Å². The van der Waals surface area contributed by atoms with E-state index in [0.29, 0.717) is 0 Å². The van der Waals surface area contributed by atoms with Crippen molar-refractivity contribution in [1.29, 1.82) is 0 Å². The monoisotopic (exact) mass is 217 g/mol. The van der Waals surface area contributed by atoms with Gasteiger partial charge in [-0.1, -0.05) is 6.92 Å². The fourth-order valence-electron chi connectivity index (χ4n) is 1.35. The van der Waals surface area contributed by atoms with Gasteiger partial charge in [0, 0.05) is 12.7 Å². The summed E-state index contributed by atoms with van der Waals surface area (Å²) in [5.74, 6) is 1.52. The fraction of sp³-hybridized carbons (Fsp3) is 0.364. The fourth-order valence-corrected chi connectivity index (χ4v) is 1.35. The lowest BCUT2D eigenvalue weighted by Gasteiger charge is -2.05. The van der Waals surface area contributed by atoms with Crippen LogP contribution in [-0.2, 0) is 0 Å². The smallest absolute Gasteiger partial charge is 0.173 e. The Morgan fingerprint density at radius 1 is 1.38 bits per heavy atom. The second-order valence-corrected chi connectivity index (χ2v) is 3.59. The molecule has 0 bridgehead atoms. The van der Waals surface area contributed by atoms with E-state index < -0.39 is 0 Å². The zero-order valence-electron chi connectivity index (χ0n) is 9.51. The molecule has 0 aliphatic carbocycles. The van der Waals surface area contributed by atoms with Crippen LogP contribution in [0.25, 0.3) is 5.82 Å². The van der Waals surface area contributed by atoms with Crippen molar-refractivity contribution in [2.24, 2.45) is 0 Å². The summed E-state index contributed by atoms with van der Waals surface area (Å²) in [6.07, 6.45) is 6.36. The van der Waals surface area contributed by atoms with E-state index in [1.54, 1.807) is 17.1 Å². The maximum absolute atomic E-state index is 4.42. The van der Waals surface area contributed by atoms with Crippen molar-refractivity contribution in [2.45, 2.75) is 20.3 Å². The van der Waals surface area contributed by atoms with Gasteiger partial charge in [0.2, 0.25) is 0 Å². The average Bonchev–Trinajstić information content (AvgIpc) is 2.74. The van der Waals surface area contributed by atoms with E-state index >= 15 is 0 Å². The first-order valence-corrected chi connectivity index (χ1v) is 5.38. The summed E-state index contributed by atoms with van der Waals surface area (Å²) >= 11 is 0. The molecular formula is C11H15N5. The Balaban J connectivity index is 2.22. The van der Waals surface area contributed by atoms with Crippen molar-refractivity contribution < 1.29 is 0 Å². The molecule has 0 spiro atoms. The minimum atomic E-state index is 0.731. The molecule has 5 heteroatoms. The molecule has 0 aliphatic heterocycles. The summed E-state index contributed by atoms with van der Waals surface area (Å²) in [6, 6.07) is 1.94. The van der Waals surface area contributed by atoms with Gasteiger partial charge in [-0.15, -0.1) is 0 Å². The third kappa shape index (κ3) is 2.36. The SMILES string of the molecule is CCCNc1cncc(-n2ccc(C)n2)n1. The Morgan fingerprint density at radius 3 is 2.94 bits per heavy atom. The van der Waals surface area contributed by atoms with E-state index in [2.05, 4.69) is 27.3 Å². The van der Waals surface area contributed by atoms with E-state index in [1.165, 1.54) is 0 Å². The van der Waals surface area contributed by atoms with Crippen LogP contribution in [-0.4, -0.2) is 26.3 Å². The number of aryl methyl sites for hydroxylation is 1. The summed E-state index contributed by atoms with van der Waals surface area (Å²) in [7, 11) is 0. The molecule has 2 aromatic heterocycles. The number of anilines is 1. The first kappa shape index (κ1) is 10.6. The van der Waals surface area contributed by atoms with E-state index in [-0.39, 0.29) is 0 Å². The van der Waals surface area contributed by atoms with Gasteiger partial charge in [0.05, 0.1) is 18.1 Å². The molecule has 0 fully saturated rings. The topological polar surface area (TPSA) is 55.6 Å². The first-order valence-electron chi connectivity index (χ1n) is 5.38. The molecule has 0 unspecified atom stereocenters. The summed E-state index contributed by atoms with van der Waals surface area (Å²) in [6.45, 7) is 4.96. The molecule has 0 atom stereocenters. The number of nitrogens with zero attached hydrogens (tertiary/aromatic N) is 4. The van der Waals surface area contributed by atoms with Gasteiger partial charge in [-0.25, -0.2) is 9.67 Å². The minimum Gasteiger partial charge on any atom is -0.369 e. The molecule has 84 valence electrons. The molecule has 1 N–H and O–H groups in total. The van der Waals surface area contributed by atoms with Crippen LogP contribution in [0.2, 0.25) is 0 Å². The average molecular weight is 217 g/mol. The molecule has 0 aliphatic rings. The standard InChI is InChI=1S/C11H15N5/c1-3-5-13-10-7-12-8-11(14-10)16-6-4-9(2)15-16/h4,6-8H,3,5H2,1-2H3,(H,13,14). The second-order valence-electron chi connectivity index (χ2n) is 3.59. The van der Waals surface area contributed by atoms with Crippen molar-refractivity contribution in [2.75, 3.05) is 11.9 Å². The molecule has 0 radical (unpaired) electrons. The Kier molecular flexibility index (Phi) is 3.14. The van der Waals surface area contributed by atoms with Crippen LogP contribution in [0, 0.1) is 6.92 Å². The van der Waals surface area contributed by atoms with Crippen LogP contribution in [0.3, 0.4) is 0 Å². The third-order valence-corrected chi connectivity index (χ3v) is 2.14. The lowest BCUT2D eigenvalue weighted by atomic mass is 10.5. The maximum Gasteiger partial charge on any atom is 0.173 e. The molecule has 0 aromatic carbocycles. The highest BCUT2D eigenvalue weighted by atomic mass is 15.3. The van der Waals surface area contributed by atoms with Crippen molar-refractivity contribution in [3.05, 3.63) is 30.4 Å². The Bertz CT molecular complexity index is 463. The van der Waals surface area contributed by atoms with Gasteiger partial charge in [0.25, 0.3) is 0 Å². The van der Waals surface area contributed by atoms with Gasteiger partial charge in [0.1, 0.15) is 5.82 Å². The van der Waals surface area contributed by atoms with E-state index in [1.807, 2.05) is 19.2 Å². The van der Waals surface area contributed by atoms with Crippen LogP contribution < -0.4 is 5.32 Å². The summed E-state index contributed by atoms with van der Waals surface area (Å²) < 4.78 is 1.72. The lowest BCUT2D eigenvalue weighted by Crippen LogP contribution is -2.06. The Morgan fingerprint density at radius 2 is 2.25 bits per heavy atom. The second kappa shape index (κ2) is 4.74. The molecule has 2 heterocycles. The predicted molar refractivity (Wildman–Crippen MR) is 62.7 cm³/mol. The third-order valence-electron chi connectivity index (χ3n) is 2.14. The predicted octanol–water partition coefficient (Wildman–Crippen LogP) is 1.79. The zero-order chi connectivity index (χ0) is 11.4. The highest BCUT2D eigenvalue weighted by molar-refractivity contribution is 5.35. The quantitative estimate of drug-likeness (QED) is 0.848. The molecular weight excluding hydrogens is 202 g/mol. The van der Waals surface area contributed by atoms with Gasteiger partial charge >= 0.3 is 0 Å². The van der Waals surface area contributed by atoms with Crippen LogP contribution >= 0.6 is 0 Å². The van der Waals surface area contributed by atoms with Gasteiger partial charge < -0.3 is 5.32 Å². The normalized spacial score (nSPS) is 10.4. The van der Waals surface area contributed by atoms with Crippen molar-refractivity contribution in [1.82, 2.24) is 19.7 Å². The number of aromatic nitrogens is 4. The lowest BCUT2D eigenvalue weighted by molar-refractivity contribution is 0.823. The summed E-state index contributed by atoms with van der Waals surface area (Å²) in [5, 5.41) is 7.49. The van der Waals surface area contributed by atoms with Gasteiger partial charge in [-0.3, -0.25) is 4.98 Å².